The van der Waals surface area contributed by atoms with Crippen LogP contribution in [0.2, 0.25) is 0 Å². The molecule has 31 heavy (non-hydrogen) atoms. The van der Waals surface area contributed by atoms with Crippen molar-refractivity contribution in [3.8, 4) is 0 Å². The molecule has 8 heteroatoms. The van der Waals surface area contributed by atoms with Crippen molar-refractivity contribution in [2.24, 2.45) is 34.0 Å². The maximum Gasteiger partial charge on any atom is 0.332 e. The van der Waals surface area contributed by atoms with E-state index in [0.717, 1.165) is 19.1 Å². The molecule has 7 nitrogen and oxygen atoms in total. The molecule has 0 heterocycles. The van der Waals surface area contributed by atoms with Crippen LogP contribution in [0.25, 0.3) is 0 Å². The number of Topliss-reactive ketones (excluding diaryl/α,β-unsaturated/α-hetero) is 1. The molecule has 0 amide bonds. The van der Waals surface area contributed by atoms with Crippen molar-refractivity contribution in [1.29, 1.82) is 0 Å². The number of esters is 1. The normalized spacial score (nSPS) is 45.4. The zero-order chi connectivity index (χ0) is 23.4. The smallest absolute Gasteiger partial charge is 0.332 e. The van der Waals surface area contributed by atoms with E-state index in [4.69, 9.17) is 8.92 Å². The first-order valence-corrected chi connectivity index (χ1v) is 12.9. The Labute approximate surface area is 185 Å². The molecule has 0 spiro atoms. The first kappa shape index (κ1) is 24.4. The van der Waals surface area contributed by atoms with Crippen molar-refractivity contribution >= 4 is 21.9 Å². The second kappa shape index (κ2) is 7.96. The van der Waals surface area contributed by atoms with Crippen LogP contribution in [0.5, 0.6) is 0 Å². The molecule has 8 atom stereocenters. The lowest BCUT2D eigenvalue weighted by Gasteiger charge is -2.62. The number of aliphatic hydroxyl groups excluding tert-OH is 1. The second-order valence-corrected chi connectivity index (χ2v) is 12.1. The number of ether oxygens (including phenoxy) is 1. The van der Waals surface area contributed by atoms with E-state index in [9.17, 15) is 23.1 Å². The van der Waals surface area contributed by atoms with Crippen molar-refractivity contribution in [3.63, 3.8) is 0 Å². The number of ketones is 1. The van der Waals surface area contributed by atoms with Crippen molar-refractivity contribution in [2.45, 2.75) is 72.0 Å². The topological polar surface area (TPSA) is 107 Å². The van der Waals surface area contributed by atoms with Gasteiger partial charge in [0.05, 0.1) is 12.4 Å². The van der Waals surface area contributed by atoms with Crippen LogP contribution >= 0.6 is 0 Å². The van der Waals surface area contributed by atoms with Gasteiger partial charge in [-0.3, -0.25) is 8.98 Å². The summed E-state index contributed by atoms with van der Waals surface area (Å²) in [5.74, 6) is -1.08. The lowest BCUT2D eigenvalue weighted by atomic mass is 9.44. The summed E-state index contributed by atoms with van der Waals surface area (Å²) in [5, 5.41) is 9.37. The summed E-state index contributed by atoms with van der Waals surface area (Å²) < 4.78 is 36.0. The van der Waals surface area contributed by atoms with Gasteiger partial charge in [0.1, 0.15) is 18.5 Å². The molecule has 0 aliphatic heterocycles. The lowest BCUT2D eigenvalue weighted by Crippen LogP contribution is -2.63. The maximum atomic E-state index is 13.3. The molecule has 0 unspecified atom stereocenters. The number of aliphatic hydroxyl groups is 1. The highest BCUT2D eigenvalue weighted by Crippen LogP contribution is 2.68. The highest BCUT2D eigenvalue weighted by molar-refractivity contribution is 7.86. The molecule has 3 aliphatic rings. The van der Waals surface area contributed by atoms with E-state index < -0.39 is 51.1 Å². The van der Waals surface area contributed by atoms with Crippen molar-refractivity contribution in [1.82, 2.24) is 0 Å². The van der Waals surface area contributed by atoms with Gasteiger partial charge in [0.25, 0.3) is 10.1 Å². The summed E-state index contributed by atoms with van der Waals surface area (Å²) in [6.07, 6.45) is 4.27. The molecule has 0 aromatic carbocycles. The summed E-state index contributed by atoms with van der Waals surface area (Å²) in [6, 6.07) is 0. The van der Waals surface area contributed by atoms with Gasteiger partial charge in [-0.05, 0) is 42.9 Å². The largest absolute Gasteiger partial charge is 0.460 e. The molecule has 3 fully saturated rings. The zero-order valence-electron chi connectivity index (χ0n) is 19.2. The van der Waals surface area contributed by atoms with Crippen LogP contribution in [-0.4, -0.2) is 50.3 Å². The van der Waals surface area contributed by atoms with Gasteiger partial charge in [-0.25, -0.2) is 4.79 Å². The maximum absolute atomic E-state index is 13.3. The van der Waals surface area contributed by atoms with Gasteiger partial charge in [0, 0.05) is 23.2 Å². The number of carbonyl (C=O) groups is 2. The molecule has 0 radical (unpaired) electrons. The Bertz CT molecular complexity index is 867. The zero-order valence-corrected chi connectivity index (χ0v) is 20.0. The van der Waals surface area contributed by atoms with Crippen molar-refractivity contribution in [2.75, 3.05) is 12.9 Å². The summed E-state index contributed by atoms with van der Waals surface area (Å²) in [6.45, 7) is 11.2. The van der Waals surface area contributed by atoms with E-state index in [1.54, 1.807) is 6.08 Å². The minimum absolute atomic E-state index is 0.109. The Morgan fingerprint density at radius 1 is 1.29 bits per heavy atom. The molecular weight excluding hydrogens is 420 g/mol. The monoisotopic (exact) mass is 456 g/mol. The Balaban J connectivity index is 2.26. The predicted octanol–water partition coefficient (Wildman–Crippen LogP) is 2.87. The number of carbonyl (C=O) groups excluding carboxylic acids is 2. The third kappa shape index (κ3) is 3.78. The fourth-order valence-corrected chi connectivity index (χ4v) is 7.82. The van der Waals surface area contributed by atoms with Gasteiger partial charge >= 0.3 is 5.97 Å². The van der Waals surface area contributed by atoms with Gasteiger partial charge in [0.2, 0.25) is 0 Å². The average molecular weight is 457 g/mol. The highest BCUT2D eigenvalue weighted by Gasteiger charge is 2.68. The van der Waals surface area contributed by atoms with Gasteiger partial charge < -0.3 is 9.84 Å². The third-order valence-corrected chi connectivity index (χ3v) is 9.49. The third-order valence-electron chi connectivity index (χ3n) is 8.94. The van der Waals surface area contributed by atoms with Gasteiger partial charge in [0.15, 0.2) is 0 Å². The van der Waals surface area contributed by atoms with Crippen LogP contribution in [0, 0.1) is 34.0 Å². The van der Waals surface area contributed by atoms with Gasteiger partial charge in [-0.15, -0.1) is 6.58 Å². The Hall–Kier alpha value is -1.25. The van der Waals surface area contributed by atoms with Gasteiger partial charge in [-0.1, -0.05) is 33.8 Å². The minimum Gasteiger partial charge on any atom is -0.460 e. The first-order valence-electron chi connectivity index (χ1n) is 11.1. The average Bonchev–Trinajstić information content (AvgIpc) is 3.05. The number of hydrogen-bond donors (Lipinski definition) is 1. The van der Waals surface area contributed by atoms with E-state index in [2.05, 4.69) is 13.5 Å². The molecule has 0 aromatic heterocycles. The Kier molecular flexibility index (Phi) is 6.26. The van der Waals surface area contributed by atoms with Crippen LogP contribution < -0.4 is 0 Å². The SMILES string of the molecule is C=C[C@]1(C)C[C@@H](OC(=O)CO)[C@]2(C)[C@H](C)CC[C@]3(CCC(=O)[C@@H]32)[C@@H](C)[C@@H]1OS(C)(=O)=O. The molecule has 2 bridgehead atoms. The Morgan fingerprint density at radius 2 is 1.94 bits per heavy atom. The van der Waals surface area contributed by atoms with E-state index in [-0.39, 0.29) is 30.0 Å². The molecule has 0 saturated heterocycles. The van der Waals surface area contributed by atoms with Gasteiger partial charge in [-0.2, -0.15) is 8.42 Å². The molecular formula is C23H36O7S. The van der Waals surface area contributed by atoms with Crippen LogP contribution in [0.1, 0.15) is 59.8 Å². The second-order valence-electron chi connectivity index (χ2n) is 10.5. The quantitative estimate of drug-likeness (QED) is 0.385. The molecule has 176 valence electrons. The fraction of sp³-hybridized carbons (Fsp3) is 0.826. The summed E-state index contributed by atoms with van der Waals surface area (Å²) in [5.41, 5.74) is -1.90. The van der Waals surface area contributed by atoms with Crippen LogP contribution in [0.15, 0.2) is 12.7 Å². The van der Waals surface area contributed by atoms with Crippen molar-refractivity contribution < 1.29 is 32.0 Å². The van der Waals surface area contributed by atoms with E-state index in [0.29, 0.717) is 12.8 Å². The van der Waals surface area contributed by atoms with Crippen molar-refractivity contribution in [3.05, 3.63) is 12.7 Å². The standard InChI is InChI=1S/C23H36O7S/c1-7-21(4)12-17(29-18(26)13-24)22(5)14(2)8-10-23(11-9-16(25)19(22)23)15(3)20(21)30-31(6,27)28/h7,14-15,17,19-20,24H,1,8-13H2,2-6H3/t14-,15+,17-,19-,20+,21-,22+,23+/m1/s1. The van der Waals surface area contributed by atoms with Crippen LogP contribution in [0.3, 0.4) is 0 Å². The first-order chi connectivity index (χ1) is 14.2. The minimum atomic E-state index is -3.79. The van der Waals surface area contributed by atoms with Crippen LogP contribution in [0.4, 0.5) is 0 Å². The lowest BCUT2D eigenvalue weighted by molar-refractivity contribution is -0.205. The molecule has 3 saturated carbocycles. The number of rotatable bonds is 5. The number of hydrogen-bond acceptors (Lipinski definition) is 7. The summed E-state index contributed by atoms with van der Waals surface area (Å²) in [4.78, 5) is 25.6. The van der Waals surface area contributed by atoms with E-state index in [1.807, 2.05) is 20.8 Å². The van der Waals surface area contributed by atoms with E-state index in [1.165, 1.54) is 0 Å². The summed E-state index contributed by atoms with van der Waals surface area (Å²) >= 11 is 0. The Morgan fingerprint density at radius 3 is 2.48 bits per heavy atom. The molecule has 3 aliphatic carbocycles. The summed E-state index contributed by atoms with van der Waals surface area (Å²) in [7, 11) is -3.79. The fourth-order valence-electron chi connectivity index (χ4n) is 7.06. The highest BCUT2D eigenvalue weighted by atomic mass is 32.2. The molecule has 1 N–H and O–H groups in total. The molecule has 0 aromatic rings. The molecule has 3 rings (SSSR count). The van der Waals surface area contributed by atoms with Crippen LogP contribution in [-0.2, 0) is 28.6 Å². The van der Waals surface area contributed by atoms with E-state index >= 15 is 0 Å². The predicted molar refractivity (Wildman–Crippen MR) is 115 cm³/mol.